The number of carbonyl (C=O) groups excluding carboxylic acids is 1. The molecule has 1 atom stereocenters. The minimum absolute atomic E-state index is 0.0413. The predicted molar refractivity (Wildman–Crippen MR) is 96.6 cm³/mol. The lowest BCUT2D eigenvalue weighted by atomic mass is 9.97. The van der Waals surface area contributed by atoms with E-state index >= 15 is 0 Å². The lowest BCUT2D eigenvalue weighted by Gasteiger charge is -2.30. The first-order valence-electron chi connectivity index (χ1n) is 8.18. The molecule has 0 saturated carbocycles. The Kier molecular flexibility index (Phi) is 4.97. The third-order valence-corrected chi connectivity index (χ3v) is 6.34. The average molecular weight is 377 g/mol. The predicted octanol–water partition coefficient (Wildman–Crippen LogP) is 1.82. The fourth-order valence-corrected chi connectivity index (χ4v) is 4.67. The Bertz CT molecular complexity index is 905. The molecule has 2 aromatic carbocycles. The molecule has 0 radical (unpaired) electrons. The SMILES string of the molecule is CNC(=O)C1(Nc2cccc(F)c2)CCN(S(=O)(=O)c2ccccc2)C1. The number of amides is 1. The fraction of sp³-hybridized carbons (Fsp3) is 0.278. The zero-order valence-electron chi connectivity index (χ0n) is 14.3. The number of likely N-dealkylation sites (N-methyl/N-ethyl adjacent to an activating group) is 1. The Morgan fingerprint density at radius 3 is 2.54 bits per heavy atom. The van der Waals surface area contributed by atoms with E-state index in [0.29, 0.717) is 5.69 Å². The van der Waals surface area contributed by atoms with Gasteiger partial charge in [-0.2, -0.15) is 4.31 Å². The van der Waals surface area contributed by atoms with Crippen molar-refractivity contribution in [3.8, 4) is 0 Å². The summed E-state index contributed by atoms with van der Waals surface area (Å²) >= 11 is 0. The maximum Gasteiger partial charge on any atom is 0.246 e. The van der Waals surface area contributed by atoms with Gasteiger partial charge in [0.15, 0.2) is 0 Å². The molecule has 0 spiro atoms. The molecule has 1 unspecified atom stereocenters. The highest BCUT2D eigenvalue weighted by molar-refractivity contribution is 7.89. The molecule has 1 fully saturated rings. The molecule has 2 N–H and O–H groups in total. The first-order chi connectivity index (χ1) is 12.4. The second-order valence-electron chi connectivity index (χ2n) is 6.20. The number of hydrogen-bond donors (Lipinski definition) is 2. The molecule has 1 heterocycles. The van der Waals surface area contributed by atoms with Crippen molar-refractivity contribution in [1.29, 1.82) is 0 Å². The van der Waals surface area contributed by atoms with Crippen LogP contribution in [0, 0.1) is 5.82 Å². The molecule has 26 heavy (non-hydrogen) atoms. The van der Waals surface area contributed by atoms with E-state index in [0.717, 1.165) is 0 Å². The van der Waals surface area contributed by atoms with Crippen LogP contribution in [0.4, 0.5) is 10.1 Å². The number of hydrogen-bond acceptors (Lipinski definition) is 4. The third kappa shape index (κ3) is 3.42. The Hall–Kier alpha value is -2.45. The summed E-state index contributed by atoms with van der Waals surface area (Å²) in [5.41, 5.74) is -0.739. The molecule has 8 heteroatoms. The Morgan fingerprint density at radius 2 is 1.88 bits per heavy atom. The largest absolute Gasteiger partial charge is 0.370 e. The smallest absolute Gasteiger partial charge is 0.246 e. The standard InChI is InChI=1S/C18H20FN3O3S/c1-20-17(23)18(21-15-7-5-6-14(19)12-15)10-11-22(13-18)26(24,25)16-8-3-2-4-9-16/h2-9,12,21H,10-11,13H2,1H3,(H,20,23). The van der Waals surface area contributed by atoms with Gasteiger partial charge in [0, 0.05) is 25.8 Å². The number of anilines is 1. The number of nitrogens with zero attached hydrogens (tertiary/aromatic N) is 1. The summed E-state index contributed by atoms with van der Waals surface area (Å²) in [7, 11) is -2.22. The second-order valence-corrected chi connectivity index (χ2v) is 8.14. The lowest BCUT2D eigenvalue weighted by molar-refractivity contribution is -0.124. The Morgan fingerprint density at radius 1 is 1.15 bits per heavy atom. The highest BCUT2D eigenvalue weighted by Crippen LogP contribution is 2.31. The van der Waals surface area contributed by atoms with Gasteiger partial charge in [0.2, 0.25) is 15.9 Å². The summed E-state index contributed by atoms with van der Waals surface area (Å²) < 4.78 is 40.5. The Labute approximate surface area is 152 Å². The van der Waals surface area contributed by atoms with E-state index < -0.39 is 21.4 Å². The van der Waals surface area contributed by atoms with Crippen LogP contribution >= 0.6 is 0 Å². The van der Waals surface area contributed by atoms with Crippen LogP contribution < -0.4 is 10.6 Å². The van der Waals surface area contributed by atoms with Crippen LogP contribution in [0.3, 0.4) is 0 Å². The molecule has 0 aliphatic carbocycles. The average Bonchev–Trinajstić information content (AvgIpc) is 3.08. The first kappa shape index (κ1) is 18.3. The van der Waals surface area contributed by atoms with Gasteiger partial charge in [-0.15, -0.1) is 0 Å². The lowest BCUT2D eigenvalue weighted by Crippen LogP contribution is -2.54. The van der Waals surface area contributed by atoms with Crippen LogP contribution in [-0.4, -0.2) is 44.3 Å². The molecule has 1 aliphatic heterocycles. The minimum Gasteiger partial charge on any atom is -0.370 e. The van der Waals surface area contributed by atoms with Crippen molar-refractivity contribution in [2.75, 3.05) is 25.5 Å². The Balaban J connectivity index is 1.90. The third-order valence-electron chi connectivity index (χ3n) is 4.49. The first-order valence-corrected chi connectivity index (χ1v) is 9.62. The molecule has 1 aliphatic rings. The highest BCUT2D eigenvalue weighted by Gasteiger charge is 2.48. The van der Waals surface area contributed by atoms with Gasteiger partial charge >= 0.3 is 0 Å². The highest BCUT2D eigenvalue weighted by atomic mass is 32.2. The number of halogens is 1. The van der Waals surface area contributed by atoms with Crippen LogP contribution in [0.5, 0.6) is 0 Å². The summed E-state index contributed by atoms with van der Waals surface area (Å²) in [5, 5.41) is 5.62. The fourth-order valence-electron chi connectivity index (χ4n) is 3.15. The summed E-state index contributed by atoms with van der Waals surface area (Å²) in [6, 6.07) is 13.8. The molecular weight excluding hydrogens is 357 g/mol. The summed E-state index contributed by atoms with van der Waals surface area (Å²) in [6.07, 6.45) is 0.273. The van der Waals surface area contributed by atoms with E-state index in [4.69, 9.17) is 0 Å². The van der Waals surface area contributed by atoms with Crippen molar-refractivity contribution in [2.45, 2.75) is 16.9 Å². The van der Waals surface area contributed by atoms with Crippen molar-refractivity contribution in [1.82, 2.24) is 9.62 Å². The van der Waals surface area contributed by atoms with Gasteiger partial charge in [-0.05, 0) is 36.8 Å². The van der Waals surface area contributed by atoms with E-state index in [2.05, 4.69) is 10.6 Å². The van der Waals surface area contributed by atoms with Crippen molar-refractivity contribution in [3.05, 3.63) is 60.4 Å². The normalized spacial score (nSPS) is 20.7. The molecule has 138 valence electrons. The van der Waals surface area contributed by atoms with Gasteiger partial charge in [-0.25, -0.2) is 12.8 Å². The number of sulfonamides is 1. The number of rotatable bonds is 5. The molecule has 1 saturated heterocycles. The van der Waals surface area contributed by atoms with E-state index in [-0.39, 0.29) is 30.3 Å². The van der Waals surface area contributed by atoms with Crippen LogP contribution in [0.2, 0.25) is 0 Å². The monoisotopic (exact) mass is 377 g/mol. The minimum atomic E-state index is -3.71. The zero-order valence-corrected chi connectivity index (χ0v) is 15.1. The van der Waals surface area contributed by atoms with Gasteiger partial charge < -0.3 is 10.6 Å². The molecule has 6 nitrogen and oxygen atoms in total. The molecule has 3 rings (SSSR count). The maximum absolute atomic E-state index is 13.5. The van der Waals surface area contributed by atoms with Crippen molar-refractivity contribution in [2.24, 2.45) is 0 Å². The molecule has 0 bridgehead atoms. The number of benzene rings is 2. The van der Waals surface area contributed by atoms with E-state index in [1.165, 1.54) is 41.7 Å². The summed E-state index contributed by atoms with van der Waals surface area (Å²) in [4.78, 5) is 12.7. The molecule has 2 aromatic rings. The van der Waals surface area contributed by atoms with E-state index in [9.17, 15) is 17.6 Å². The van der Waals surface area contributed by atoms with Crippen LogP contribution in [-0.2, 0) is 14.8 Å². The van der Waals surface area contributed by atoms with Crippen LogP contribution in [0.15, 0.2) is 59.5 Å². The second kappa shape index (κ2) is 7.05. The van der Waals surface area contributed by atoms with Crippen LogP contribution in [0.25, 0.3) is 0 Å². The van der Waals surface area contributed by atoms with Crippen LogP contribution in [0.1, 0.15) is 6.42 Å². The summed E-state index contributed by atoms with van der Waals surface area (Å²) in [5.74, 6) is -0.777. The van der Waals surface area contributed by atoms with Crippen molar-refractivity contribution >= 4 is 21.6 Å². The molecule has 1 amide bonds. The van der Waals surface area contributed by atoms with E-state index in [1.54, 1.807) is 24.3 Å². The van der Waals surface area contributed by atoms with Gasteiger partial charge in [0.25, 0.3) is 0 Å². The molecular formula is C18H20FN3O3S. The van der Waals surface area contributed by atoms with Gasteiger partial charge in [-0.1, -0.05) is 24.3 Å². The van der Waals surface area contributed by atoms with Gasteiger partial charge in [0.1, 0.15) is 11.4 Å². The van der Waals surface area contributed by atoms with Gasteiger partial charge in [0.05, 0.1) is 4.90 Å². The van der Waals surface area contributed by atoms with Crippen molar-refractivity contribution in [3.63, 3.8) is 0 Å². The topological polar surface area (TPSA) is 78.5 Å². The van der Waals surface area contributed by atoms with E-state index in [1.807, 2.05) is 0 Å². The molecule has 0 aromatic heterocycles. The van der Waals surface area contributed by atoms with Crippen molar-refractivity contribution < 1.29 is 17.6 Å². The van der Waals surface area contributed by atoms with Gasteiger partial charge in [-0.3, -0.25) is 4.79 Å². The zero-order chi connectivity index (χ0) is 18.8. The maximum atomic E-state index is 13.5. The number of nitrogens with one attached hydrogen (secondary N) is 2. The summed E-state index contributed by atoms with van der Waals surface area (Å²) in [6.45, 7) is 0.146. The number of carbonyl (C=O) groups is 1. The quantitative estimate of drug-likeness (QED) is 0.833.